The van der Waals surface area contributed by atoms with Crippen LogP contribution in [0.25, 0.3) is 11.4 Å². The van der Waals surface area contributed by atoms with Crippen molar-refractivity contribution in [1.29, 1.82) is 0 Å². The molecule has 0 aliphatic heterocycles. The zero-order valence-corrected chi connectivity index (χ0v) is 32.3. The van der Waals surface area contributed by atoms with E-state index in [9.17, 15) is 45.9 Å². The van der Waals surface area contributed by atoms with Crippen molar-refractivity contribution < 1.29 is 64.9 Å². The second-order valence-electron chi connectivity index (χ2n) is 12.6. The van der Waals surface area contributed by atoms with Gasteiger partial charge in [0.25, 0.3) is 0 Å². The highest BCUT2D eigenvalue weighted by Gasteiger charge is 2.28. The van der Waals surface area contributed by atoms with Gasteiger partial charge < -0.3 is 40.2 Å². The van der Waals surface area contributed by atoms with Crippen LogP contribution in [0.4, 0.5) is 22.0 Å². The quantitative estimate of drug-likeness (QED) is 0.0227. The van der Waals surface area contributed by atoms with E-state index in [1.807, 2.05) is 0 Å². The summed E-state index contributed by atoms with van der Waals surface area (Å²) in [4.78, 5) is 61.7. The van der Waals surface area contributed by atoms with Crippen LogP contribution in [-0.4, -0.2) is 116 Å². The number of halogens is 5. The molecule has 2 aromatic carbocycles. The Morgan fingerprint density at radius 2 is 1.22 bits per heavy atom. The SMILES string of the molecule is COCCNC(=O)[C@H](CCCCNC(=O)CCOCCC(=O)Oc1c(F)c(F)c(F)c(F)c1F)NC(=O)CCOCCNC(=O)Cc1ccc(-c2nnc(C)nn2)cc1. The van der Waals surface area contributed by atoms with Gasteiger partial charge in [0.05, 0.1) is 45.9 Å². The van der Waals surface area contributed by atoms with Crippen LogP contribution < -0.4 is 26.0 Å². The van der Waals surface area contributed by atoms with Crippen LogP contribution in [-0.2, 0) is 44.6 Å². The number of nitrogens with one attached hydrogen (secondary N) is 4. The molecule has 1 heterocycles. The Labute approximate surface area is 335 Å². The van der Waals surface area contributed by atoms with Gasteiger partial charge in [0.15, 0.2) is 5.82 Å². The van der Waals surface area contributed by atoms with Crippen molar-refractivity contribution >= 4 is 29.6 Å². The Kier molecular flexibility index (Phi) is 20.7. The number of amides is 4. The van der Waals surface area contributed by atoms with Gasteiger partial charge in [-0.25, -0.2) is 13.2 Å². The first-order valence-electron chi connectivity index (χ1n) is 18.4. The Bertz CT molecular complexity index is 1830. The molecule has 0 aliphatic carbocycles. The number of methoxy groups -OCH3 is 1. The molecular weight excluding hydrogens is 795 g/mol. The number of ether oxygens (including phenoxy) is 4. The van der Waals surface area contributed by atoms with Crippen LogP contribution in [0.2, 0.25) is 0 Å². The van der Waals surface area contributed by atoms with Crippen LogP contribution in [0, 0.1) is 36.0 Å². The lowest BCUT2D eigenvalue weighted by Crippen LogP contribution is -2.47. The van der Waals surface area contributed by atoms with Crippen LogP contribution >= 0.6 is 0 Å². The molecule has 4 amide bonds. The molecule has 0 saturated heterocycles. The van der Waals surface area contributed by atoms with E-state index < -0.39 is 71.0 Å². The lowest BCUT2D eigenvalue weighted by atomic mass is 10.1. The van der Waals surface area contributed by atoms with Crippen LogP contribution in [0.3, 0.4) is 0 Å². The van der Waals surface area contributed by atoms with E-state index in [4.69, 9.17) is 14.2 Å². The topological polar surface area (TPSA) is 222 Å². The van der Waals surface area contributed by atoms with Gasteiger partial charge in [0.1, 0.15) is 6.04 Å². The van der Waals surface area contributed by atoms with E-state index in [2.05, 4.69) is 46.4 Å². The predicted molar refractivity (Wildman–Crippen MR) is 196 cm³/mol. The molecule has 4 N–H and O–H groups in total. The third-order valence-corrected chi connectivity index (χ3v) is 8.01. The average molecular weight is 841 g/mol. The Morgan fingerprint density at radius 1 is 0.644 bits per heavy atom. The molecule has 322 valence electrons. The summed E-state index contributed by atoms with van der Waals surface area (Å²) in [6.45, 7) is 2.30. The first-order valence-corrected chi connectivity index (χ1v) is 18.4. The van der Waals surface area contributed by atoms with Gasteiger partial charge in [0, 0.05) is 45.1 Å². The van der Waals surface area contributed by atoms with E-state index in [0.717, 1.165) is 5.56 Å². The van der Waals surface area contributed by atoms with E-state index in [1.165, 1.54) is 7.11 Å². The number of hydrogen-bond acceptors (Lipinski definition) is 13. The molecule has 0 radical (unpaired) electrons. The molecular formula is C37H45F5N8O9. The average Bonchev–Trinajstić information content (AvgIpc) is 3.22. The number of unbranched alkanes of at least 4 members (excludes halogenated alkanes) is 1. The maximum Gasteiger partial charge on any atom is 0.313 e. The maximum absolute atomic E-state index is 13.7. The molecule has 0 fully saturated rings. The molecule has 0 unspecified atom stereocenters. The number of nitrogens with zero attached hydrogens (tertiary/aromatic N) is 4. The minimum Gasteiger partial charge on any atom is -0.420 e. The van der Waals surface area contributed by atoms with Crippen LogP contribution in [0.5, 0.6) is 5.75 Å². The molecule has 0 saturated carbocycles. The van der Waals surface area contributed by atoms with Crippen molar-refractivity contribution in [2.75, 3.05) is 59.8 Å². The van der Waals surface area contributed by atoms with Gasteiger partial charge in [-0.2, -0.15) is 8.78 Å². The maximum atomic E-state index is 13.7. The first-order chi connectivity index (χ1) is 28.3. The van der Waals surface area contributed by atoms with Crippen LogP contribution in [0.15, 0.2) is 24.3 Å². The number of rotatable bonds is 26. The van der Waals surface area contributed by atoms with Gasteiger partial charge in [-0.3, -0.25) is 24.0 Å². The number of hydrogen-bond donors (Lipinski definition) is 4. The fraction of sp³-hybridized carbons (Fsp3) is 0.486. The third-order valence-electron chi connectivity index (χ3n) is 8.01. The van der Waals surface area contributed by atoms with Gasteiger partial charge in [-0.1, -0.05) is 24.3 Å². The standard InChI is InChI=1S/C37H45F5N8O9/c1-22-47-49-36(50-48-22)24-8-6-23(7-9-24)21-28(53)44-15-20-58-17-11-27(52)46-25(37(55)45-14-19-56-2)5-3-4-13-43-26(51)10-16-57-18-12-29(54)59-35-33(41)31(39)30(38)32(40)34(35)42/h6-9,25H,3-5,10-21H2,1-2H3,(H,43,51)(H,44,53)(H,45,55)(H,46,52)/t25-/m0/s1. The number of esters is 1. The molecule has 0 spiro atoms. The van der Waals surface area contributed by atoms with Crippen LogP contribution in [0.1, 0.15) is 49.9 Å². The smallest absolute Gasteiger partial charge is 0.313 e. The highest BCUT2D eigenvalue weighted by molar-refractivity contribution is 5.87. The summed E-state index contributed by atoms with van der Waals surface area (Å²) in [7, 11) is 1.48. The number of aromatic nitrogens is 4. The number of aryl methyl sites for hydroxylation is 1. The molecule has 1 aromatic heterocycles. The normalized spacial score (nSPS) is 11.4. The second-order valence-corrected chi connectivity index (χ2v) is 12.6. The van der Waals surface area contributed by atoms with Crippen molar-refractivity contribution in [3.8, 4) is 17.1 Å². The van der Waals surface area contributed by atoms with E-state index in [1.54, 1.807) is 31.2 Å². The Hall–Kier alpha value is -5.74. The summed E-state index contributed by atoms with van der Waals surface area (Å²) in [5.74, 6) is -15.2. The lowest BCUT2D eigenvalue weighted by Gasteiger charge is -2.18. The summed E-state index contributed by atoms with van der Waals surface area (Å²) < 4.78 is 86.8. The molecule has 59 heavy (non-hydrogen) atoms. The van der Waals surface area contributed by atoms with Gasteiger partial charge >= 0.3 is 5.97 Å². The molecule has 17 nitrogen and oxygen atoms in total. The number of carbonyl (C=O) groups is 5. The molecule has 1 atom stereocenters. The number of benzene rings is 2. The van der Waals surface area contributed by atoms with Crippen molar-refractivity contribution in [1.82, 2.24) is 41.7 Å². The van der Waals surface area contributed by atoms with Gasteiger partial charge in [-0.15, -0.1) is 20.4 Å². The van der Waals surface area contributed by atoms with Gasteiger partial charge in [0.2, 0.25) is 64.3 Å². The van der Waals surface area contributed by atoms with E-state index in [-0.39, 0.29) is 84.3 Å². The Morgan fingerprint density at radius 3 is 1.88 bits per heavy atom. The molecule has 3 aromatic rings. The minimum atomic E-state index is -2.39. The summed E-state index contributed by atoms with van der Waals surface area (Å²) >= 11 is 0. The monoisotopic (exact) mass is 840 g/mol. The number of carbonyl (C=O) groups excluding carboxylic acids is 5. The second kappa shape index (κ2) is 25.6. The molecule has 0 aliphatic rings. The molecule has 22 heteroatoms. The largest absolute Gasteiger partial charge is 0.420 e. The summed E-state index contributed by atoms with van der Waals surface area (Å²) in [6.07, 6.45) is 0.524. The summed E-state index contributed by atoms with van der Waals surface area (Å²) in [6, 6.07) is 6.24. The van der Waals surface area contributed by atoms with E-state index >= 15 is 0 Å². The summed E-state index contributed by atoms with van der Waals surface area (Å²) in [5, 5.41) is 26.5. The fourth-order valence-electron chi connectivity index (χ4n) is 4.93. The van der Waals surface area contributed by atoms with Crippen molar-refractivity contribution in [2.24, 2.45) is 0 Å². The van der Waals surface area contributed by atoms with E-state index in [0.29, 0.717) is 30.1 Å². The third kappa shape index (κ3) is 16.9. The van der Waals surface area contributed by atoms with Gasteiger partial charge in [-0.05, 0) is 31.7 Å². The molecule has 3 rings (SSSR count). The van der Waals surface area contributed by atoms with Crippen molar-refractivity contribution in [2.45, 2.75) is 57.9 Å². The fourth-order valence-corrected chi connectivity index (χ4v) is 4.93. The zero-order chi connectivity index (χ0) is 43.2. The lowest BCUT2D eigenvalue weighted by molar-refractivity contribution is -0.136. The molecule has 0 bridgehead atoms. The highest BCUT2D eigenvalue weighted by Crippen LogP contribution is 2.29. The zero-order valence-electron chi connectivity index (χ0n) is 32.3. The van der Waals surface area contributed by atoms with Crippen molar-refractivity contribution in [3.63, 3.8) is 0 Å². The summed E-state index contributed by atoms with van der Waals surface area (Å²) in [5.41, 5.74) is 1.49. The minimum absolute atomic E-state index is 0.0392. The highest BCUT2D eigenvalue weighted by atomic mass is 19.2. The Balaban J connectivity index is 1.26. The predicted octanol–water partition coefficient (Wildman–Crippen LogP) is 1.94. The first kappa shape index (κ1) is 47.6. The van der Waals surface area contributed by atoms with Crippen molar-refractivity contribution in [3.05, 3.63) is 64.7 Å².